The average Bonchev–Trinajstić information content (AvgIpc) is 2.97. The second-order valence-electron chi connectivity index (χ2n) is 7.11. The van der Waals surface area contributed by atoms with Crippen LogP contribution in [0.5, 0.6) is 5.75 Å². The number of nitrogens with zero attached hydrogens (tertiary/aromatic N) is 1. The Hall–Kier alpha value is -1.55. The third-order valence-electron chi connectivity index (χ3n) is 5.28. The molecule has 1 heterocycles. The molecule has 1 aromatic carbocycles. The standard InChI is InChI=1S/C19H28N2O2/c1-13-6-7-14(2)18(12-13)23-15-8-10-21(11-9-15)19(22)16-4-3-5-17(16)20/h6-7,12,15-17H,3-5,8-11,20H2,1-2H3/t16-,17-/m0/s1. The molecule has 4 nitrogen and oxygen atoms in total. The fourth-order valence-corrected chi connectivity index (χ4v) is 3.74. The maximum atomic E-state index is 12.6. The average molecular weight is 316 g/mol. The minimum absolute atomic E-state index is 0.0477. The number of carbonyl (C=O) groups is 1. The number of amides is 1. The van der Waals surface area contributed by atoms with Crippen LogP contribution in [0.3, 0.4) is 0 Å². The molecule has 23 heavy (non-hydrogen) atoms. The number of rotatable bonds is 3. The van der Waals surface area contributed by atoms with Gasteiger partial charge in [0, 0.05) is 32.0 Å². The van der Waals surface area contributed by atoms with Crippen molar-refractivity contribution in [1.82, 2.24) is 4.90 Å². The van der Waals surface area contributed by atoms with E-state index >= 15 is 0 Å². The number of hydrogen-bond donors (Lipinski definition) is 1. The van der Waals surface area contributed by atoms with Gasteiger partial charge in [-0.3, -0.25) is 4.79 Å². The summed E-state index contributed by atoms with van der Waals surface area (Å²) in [5, 5.41) is 0. The third-order valence-corrected chi connectivity index (χ3v) is 5.28. The van der Waals surface area contributed by atoms with Crippen LogP contribution < -0.4 is 10.5 Å². The lowest BCUT2D eigenvalue weighted by molar-refractivity contribution is -0.137. The molecular weight excluding hydrogens is 288 g/mol. The van der Waals surface area contributed by atoms with E-state index in [1.165, 1.54) is 11.1 Å². The first-order valence-corrected chi connectivity index (χ1v) is 8.83. The molecule has 2 fully saturated rings. The van der Waals surface area contributed by atoms with E-state index in [0.717, 1.165) is 50.9 Å². The van der Waals surface area contributed by atoms with Crippen molar-refractivity contribution in [1.29, 1.82) is 0 Å². The lowest BCUT2D eigenvalue weighted by Crippen LogP contribution is -2.47. The Kier molecular flexibility index (Phi) is 4.90. The normalized spacial score (nSPS) is 25.6. The first-order valence-electron chi connectivity index (χ1n) is 8.83. The molecule has 1 aliphatic carbocycles. The number of nitrogens with two attached hydrogens (primary N) is 1. The SMILES string of the molecule is Cc1ccc(C)c(OC2CCN(C(=O)[C@H]3CCC[C@@H]3N)CC2)c1. The van der Waals surface area contributed by atoms with Gasteiger partial charge in [-0.15, -0.1) is 0 Å². The van der Waals surface area contributed by atoms with Crippen molar-refractivity contribution in [2.24, 2.45) is 11.7 Å². The Labute approximate surface area is 139 Å². The molecule has 1 aromatic rings. The quantitative estimate of drug-likeness (QED) is 0.933. The Balaban J connectivity index is 1.54. The smallest absolute Gasteiger partial charge is 0.227 e. The van der Waals surface area contributed by atoms with Gasteiger partial charge in [0.25, 0.3) is 0 Å². The number of piperidine rings is 1. The van der Waals surface area contributed by atoms with Crippen molar-refractivity contribution in [2.75, 3.05) is 13.1 Å². The maximum absolute atomic E-state index is 12.6. The first kappa shape index (κ1) is 16.3. The lowest BCUT2D eigenvalue weighted by atomic mass is 10.00. The summed E-state index contributed by atoms with van der Waals surface area (Å²) in [6, 6.07) is 6.37. The topological polar surface area (TPSA) is 55.6 Å². The minimum Gasteiger partial charge on any atom is -0.490 e. The van der Waals surface area contributed by atoms with E-state index in [4.69, 9.17) is 10.5 Å². The van der Waals surface area contributed by atoms with Crippen LogP contribution in [0.2, 0.25) is 0 Å². The largest absolute Gasteiger partial charge is 0.490 e. The van der Waals surface area contributed by atoms with Crippen LogP contribution in [0.15, 0.2) is 18.2 Å². The molecule has 0 bridgehead atoms. The van der Waals surface area contributed by atoms with Gasteiger partial charge in [0.1, 0.15) is 11.9 Å². The molecule has 1 saturated carbocycles. The molecule has 0 unspecified atom stereocenters. The van der Waals surface area contributed by atoms with Crippen LogP contribution in [0, 0.1) is 19.8 Å². The van der Waals surface area contributed by atoms with E-state index in [1.54, 1.807) is 0 Å². The fraction of sp³-hybridized carbons (Fsp3) is 0.632. The molecule has 0 radical (unpaired) electrons. The van der Waals surface area contributed by atoms with Crippen molar-refractivity contribution in [3.8, 4) is 5.75 Å². The predicted molar refractivity (Wildman–Crippen MR) is 91.5 cm³/mol. The summed E-state index contributed by atoms with van der Waals surface area (Å²) < 4.78 is 6.18. The number of likely N-dealkylation sites (tertiary alicyclic amines) is 1. The summed E-state index contributed by atoms with van der Waals surface area (Å²) in [7, 11) is 0. The van der Waals surface area contributed by atoms with Crippen LogP contribution >= 0.6 is 0 Å². The number of carbonyl (C=O) groups excluding carboxylic acids is 1. The summed E-state index contributed by atoms with van der Waals surface area (Å²) in [5.74, 6) is 1.29. The van der Waals surface area contributed by atoms with Gasteiger partial charge in [-0.25, -0.2) is 0 Å². The molecule has 3 rings (SSSR count). The fourth-order valence-electron chi connectivity index (χ4n) is 3.74. The highest BCUT2D eigenvalue weighted by Gasteiger charge is 2.35. The molecule has 0 aromatic heterocycles. The zero-order valence-corrected chi connectivity index (χ0v) is 14.3. The summed E-state index contributed by atoms with van der Waals surface area (Å²) >= 11 is 0. The summed E-state index contributed by atoms with van der Waals surface area (Å²) in [6.07, 6.45) is 5.05. The number of benzene rings is 1. The van der Waals surface area contributed by atoms with Gasteiger partial charge in [-0.2, -0.15) is 0 Å². The molecule has 1 aliphatic heterocycles. The van der Waals surface area contributed by atoms with Crippen LogP contribution in [-0.4, -0.2) is 36.0 Å². The summed E-state index contributed by atoms with van der Waals surface area (Å²) in [6.45, 7) is 5.74. The zero-order chi connectivity index (χ0) is 16.4. The van der Waals surface area contributed by atoms with Crippen molar-refractivity contribution < 1.29 is 9.53 Å². The third kappa shape index (κ3) is 3.69. The highest BCUT2D eigenvalue weighted by atomic mass is 16.5. The highest BCUT2D eigenvalue weighted by molar-refractivity contribution is 5.80. The van der Waals surface area contributed by atoms with Crippen LogP contribution in [0.25, 0.3) is 0 Å². The molecule has 1 saturated heterocycles. The highest BCUT2D eigenvalue weighted by Crippen LogP contribution is 2.28. The Morgan fingerprint density at radius 2 is 1.91 bits per heavy atom. The van der Waals surface area contributed by atoms with E-state index in [-0.39, 0.29) is 24.0 Å². The number of ether oxygens (including phenoxy) is 1. The van der Waals surface area contributed by atoms with Crippen LogP contribution in [0.4, 0.5) is 0 Å². The Morgan fingerprint density at radius 1 is 1.17 bits per heavy atom. The monoisotopic (exact) mass is 316 g/mol. The van der Waals surface area contributed by atoms with Crippen molar-refractivity contribution >= 4 is 5.91 Å². The Bertz CT molecular complexity index is 564. The van der Waals surface area contributed by atoms with Gasteiger partial charge in [-0.05, 0) is 43.9 Å². The van der Waals surface area contributed by atoms with E-state index in [0.29, 0.717) is 0 Å². The van der Waals surface area contributed by atoms with Crippen LogP contribution in [-0.2, 0) is 4.79 Å². The molecule has 4 heteroatoms. The molecule has 0 spiro atoms. The second-order valence-corrected chi connectivity index (χ2v) is 7.11. The maximum Gasteiger partial charge on any atom is 0.227 e. The Morgan fingerprint density at radius 3 is 2.57 bits per heavy atom. The number of aryl methyl sites for hydroxylation is 2. The molecule has 1 amide bonds. The molecular formula is C19H28N2O2. The molecule has 2 atom stereocenters. The van der Waals surface area contributed by atoms with Gasteiger partial charge in [0.2, 0.25) is 5.91 Å². The van der Waals surface area contributed by atoms with E-state index < -0.39 is 0 Å². The van der Waals surface area contributed by atoms with E-state index in [9.17, 15) is 4.79 Å². The van der Waals surface area contributed by atoms with E-state index in [1.807, 2.05) is 4.90 Å². The number of hydrogen-bond acceptors (Lipinski definition) is 3. The predicted octanol–water partition coefficient (Wildman–Crippen LogP) is 2.80. The van der Waals surface area contributed by atoms with Crippen LogP contribution in [0.1, 0.15) is 43.2 Å². The first-order chi connectivity index (χ1) is 11.0. The van der Waals surface area contributed by atoms with E-state index in [2.05, 4.69) is 32.0 Å². The second kappa shape index (κ2) is 6.91. The minimum atomic E-state index is 0.0477. The summed E-state index contributed by atoms with van der Waals surface area (Å²) in [5.41, 5.74) is 8.46. The molecule has 2 aliphatic rings. The van der Waals surface area contributed by atoms with Gasteiger partial charge in [-0.1, -0.05) is 18.6 Å². The van der Waals surface area contributed by atoms with Gasteiger partial charge < -0.3 is 15.4 Å². The van der Waals surface area contributed by atoms with Gasteiger partial charge in [0.05, 0.1) is 5.92 Å². The molecule has 2 N–H and O–H groups in total. The lowest BCUT2D eigenvalue weighted by Gasteiger charge is -2.34. The molecule has 126 valence electrons. The van der Waals surface area contributed by atoms with Crippen molar-refractivity contribution in [2.45, 2.75) is 58.1 Å². The van der Waals surface area contributed by atoms with Crippen molar-refractivity contribution in [3.05, 3.63) is 29.3 Å². The summed E-state index contributed by atoms with van der Waals surface area (Å²) in [4.78, 5) is 14.6. The zero-order valence-electron chi connectivity index (χ0n) is 14.3. The van der Waals surface area contributed by atoms with Crippen molar-refractivity contribution in [3.63, 3.8) is 0 Å². The van der Waals surface area contributed by atoms with Gasteiger partial charge >= 0.3 is 0 Å². The van der Waals surface area contributed by atoms with Gasteiger partial charge in [0.15, 0.2) is 0 Å².